The number of hydrogen-bond donors (Lipinski definition) is 1. The van der Waals surface area contributed by atoms with Crippen molar-refractivity contribution in [1.29, 1.82) is 0 Å². The molecule has 0 radical (unpaired) electrons. The molecular weight excluding hydrogens is 424 g/mol. The summed E-state index contributed by atoms with van der Waals surface area (Å²) in [6.07, 6.45) is 1.87. The molecule has 0 spiro atoms. The number of amides is 1. The van der Waals surface area contributed by atoms with Gasteiger partial charge in [0.05, 0.1) is 22.8 Å². The Hall–Kier alpha value is -3.58. The molecular formula is C25H22N2O4S. The molecule has 0 unspecified atom stereocenters. The van der Waals surface area contributed by atoms with Crippen LogP contribution in [0.15, 0.2) is 70.6 Å². The second-order valence-corrected chi connectivity index (χ2v) is 8.05. The predicted octanol–water partition coefficient (Wildman–Crippen LogP) is 5.56. The predicted molar refractivity (Wildman–Crippen MR) is 129 cm³/mol. The van der Waals surface area contributed by atoms with E-state index in [1.54, 1.807) is 17.0 Å². The molecule has 1 aliphatic rings. The molecule has 7 heteroatoms. The Labute approximate surface area is 190 Å². The van der Waals surface area contributed by atoms with Crippen molar-refractivity contribution in [3.8, 4) is 5.75 Å². The van der Waals surface area contributed by atoms with Gasteiger partial charge in [-0.1, -0.05) is 30.3 Å². The van der Waals surface area contributed by atoms with Crippen LogP contribution in [-0.2, 0) is 4.79 Å². The molecule has 32 heavy (non-hydrogen) atoms. The summed E-state index contributed by atoms with van der Waals surface area (Å²) in [6.45, 7) is 4.83. The average molecular weight is 447 g/mol. The van der Waals surface area contributed by atoms with E-state index in [0.717, 1.165) is 22.1 Å². The summed E-state index contributed by atoms with van der Waals surface area (Å²) in [7, 11) is 0. The third kappa shape index (κ3) is 4.24. The van der Waals surface area contributed by atoms with E-state index in [0.29, 0.717) is 28.9 Å². The molecule has 1 heterocycles. The van der Waals surface area contributed by atoms with Gasteiger partial charge in [0.25, 0.3) is 5.91 Å². The lowest BCUT2D eigenvalue weighted by atomic mass is 10.0. The fourth-order valence-corrected chi connectivity index (χ4v) is 4.54. The number of benzene rings is 3. The van der Waals surface area contributed by atoms with E-state index in [2.05, 4.69) is 4.99 Å². The maximum absolute atomic E-state index is 13.1. The van der Waals surface area contributed by atoms with Crippen molar-refractivity contribution >= 4 is 51.3 Å². The van der Waals surface area contributed by atoms with Crippen LogP contribution in [0.5, 0.6) is 5.75 Å². The van der Waals surface area contributed by atoms with Crippen LogP contribution in [0.25, 0.3) is 16.8 Å². The summed E-state index contributed by atoms with van der Waals surface area (Å²) in [6, 6.07) is 18.2. The van der Waals surface area contributed by atoms with Crippen LogP contribution >= 0.6 is 11.8 Å². The quantitative estimate of drug-likeness (QED) is 0.502. The van der Waals surface area contributed by atoms with Gasteiger partial charge in [0.15, 0.2) is 5.17 Å². The minimum atomic E-state index is -0.991. The zero-order valence-corrected chi connectivity index (χ0v) is 18.6. The smallest absolute Gasteiger partial charge is 0.335 e. The van der Waals surface area contributed by atoms with Crippen molar-refractivity contribution in [3.63, 3.8) is 0 Å². The molecule has 162 valence electrons. The first-order valence-electron chi connectivity index (χ1n) is 10.3. The van der Waals surface area contributed by atoms with Crippen molar-refractivity contribution in [2.45, 2.75) is 13.8 Å². The molecule has 1 saturated heterocycles. The average Bonchev–Trinajstić information content (AvgIpc) is 3.09. The third-order valence-corrected chi connectivity index (χ3v) is 6.06. The first-order chi connectivity index (χ1) is 15.5. The number of carboxylic acid groups (broad SMARTS) is 1. The van der Waals surface area contributed by atoms with Gasteiger partial charge in [0.2, 0.25) is 0 Å². The van der Waals surface area contributed by atoms with Gasteiger partial charge in [-0.15, -0.1) is 0 Å². The number of nitrogens with zero attached hydrogens (tertiary/aromatic N) is 2. The lowest BCUT2D eigenvalue weighted by Crippen LogP contribution is -2.28. The van der Waals surface area contributed by atoms with Gasteiger partial charge in [0.1, 0.15) is 5.75 Å². The van der Waals surface area contributed by atoms with Crippen molar-refractivity contribution in [2.75, 3.05) is 13.2 Å². The molecule has 1 fully saturated rings. The van der Waals surface area contributed by atoms with Crippen LogP contribution < -0.4 is 4.74 Å². The molecule has 1 aliphatic heterocycles. The van der Waals surface area contributed by atoms with Crippen LogP contribution in [0, 0.1) is 0 Å². The van der Waals surface area contributed by atoms with Crippen LogP contribution in [0.4, 0.5) is 5.69 Å². The fraction of sp³-hybridized carbons (Fsp3) is 0.160. The van der Waals surface area contributed by atoms with E-state index >= 15 is 0 Å². The number of carbonyl (C=O) groups excluding carboxylic acids is 1. The standard InChI is InChI=1S/C25H22N2O4S/c1-3-27-23(28)22(32-25(27)26-18-12-9-17(10-13-18)24(29)30)15-20-19-8-6-5-7-16(19)11-14-21(20)31-4-2/h5-15H,3-4H2,1-2H3,(H,29,30)/b22-15-,26-25?. The van der Waals surface area contributed by atoms with Gasteiger partial charge in [-0.2, -0.15) is 0 Å². The van der Waals surface area contributed by atoms with Crippen LogP contribution in [0.3, 0.4) is 0 Å². The normalized spacial score (nSPS) is 16.3. The molecule has 0 aromatic heterocycles. The van der Waals surface area contributed by atoms with Crippen molar-refractivity contribution in [1.82, 2.24) is 4.90 Å². The first kappa shape index (κ1) is 21.6. The second-order valence-electron chi connectivity index (χ2n) is 7.04. The van der Waals surface area contributed by atoms with E-state index < -0.39 is 5.97 Å². The molecule has 6 nitrogen and oxygen atoms in total. The summed E-state index contributed by atoms with van der Waals surface area (Å²) in [5.74, 6) is -0.381. The number of fused-ring (bicyclic) bond motifs is 1. The number of ether oxygens (including phenoxy) is 1. The number of hydrogen-bond acceptors (Lipinski definition) is 5. The van der Waals surface area contributed by atoms with E-state index in [1.165, 1.54) is 23.9 Å². The number of carboxylic acids is 1. The van der Waals surface area contributed by atoms with Crippen LogP contribution in [-0.4, -0.2) is 40.2 Å². The van der Waals surface area contributed by atoms with Crippen LogP contribution in [0.1, 0.15) is 29.8 Å². The highest BCUT2D eigenvalue weighted by atomic mass is 32.2. The van der Waals surface area contributed by atoms with E-state index in [1.807, 2.05) is 56.3 Å². The minimum Gasteiger partial charge on any atom is -0.493 e. The van der Waals surface area contributed by atoms with Gasteiger partial charge < -0.3 is 9.84 Å². The molecule has 1 amide bonds. The maximum Gasteiger partial charge on any atom is 0.335 e. The SMILES string of the molecule is CCOc1ccc2ccccc2c1/C=C1\SC(=Nc2ccc(C(=O)O)cc2)N(CC)C1=O. The number of likely N-dealkylation sites (N-methyl/N-ethyl adjacent to an activating group) is 1. The lowest BCUT2D eigenvalue weighted by molar-refractivity contribution is -0.122. The Balaban J connectivity index is 1.75. The maximum atomic E-state index is 13.1. The van der Waals surface area contributed by atoms with Crippen molar-refractivity contribution in [2.24, 2.45) is 4.99 Å². The van der Waals surface area contributed by atoms with Crippen LogP contribution in [0.2, 0.25) is 0 Å². The minimum absolute atomic E-state index is 0.117. The zero-order valence-electron chi connectivity index (χ0n) is 17.7. The monoisotopic (exact) mass is 446 g/mol. The van der Waals surface area contributed by atoms with Gasteiger partial charge >= 0.3 is 5.97 Å². The highest BCUT2D eigenvalue weighted by Crippen LogP contribution is 2.37. The summed E-state index contributed by atoms with van der Waals surface area (Å²) in [5.41, 5.74) is 1.64. The molecule has 3 aromatic rings. The van der Waals surface area contributed by atoms with E-state index in [-0.39, 0.29) is 11.5 Å². The van der Waals surface area contributed by atoms with Crippen molar-refractivity contribution < 1.29 is 19.4 Å². The highest BCUT2D eigenvalue weighted by molar-refractivity contribution is 8.18. The number of thioether (sulfide) groups is 1. The van der Waals surface area contributed by atoms with Gasteiger partial charge in [-0.25, -0.2) is 9.79 Å². The summed E-state index contributed by atoms with van der Waals surface area (Å²) >= 11 is 1.30. The molecule has 4 rings (SSSR count). The fourth-order valence-electron chi connectivity index (χ4n) is 3.50. The third-order valence-electron chi connectivity index (χ3n) is 5.05. The molecule has 0 atom stereocenters. The Bertz CT molecular complexity index is 1250. The highest BCUT2D eigenvalue weighted by Gasteiger charge is 2.32. The van der Waals surface area contributed by atoms with Crippen molar-refractivity contribution in [3.05, 3.63) is 76.7 Å². The lowest BCUT2D eigenvalue weighted by Gasteiger charge is -2.12. The van der Waals surface area contributed by atoms with E-state index in [9.17, 15) is 9.59 Å². The molecule has 1 N–H and O–H groups in total. The van der Waals surface area contributed by atoms with Gasteiger partial charge in [-0.05, 0) is 72.8 Å². The summed E-state index contributed by atoms with van der Waals surface area (Å²) in [5, 5.41) is 11.7. The van der Waals surface area contributed by atoms with E-state index in [4.69, 9.17) is 9.84 Å². The number of rotatable bonds is 6. The van der Waals surface area contributed by atoms with Gasteiger partial charge in [0, 0.05) is 12.1 Å². The Morgan fingerprint density at radius 1 is 1.09 bits per heavy atom. The number of aromatic carboxylic acids is 1. The Morgan fingerprint density at radius 2 is 1.84 bits per heavy atom. The first-order valence-corrected chi connectivity index (χ1v) is 11.1. The summed E-state index contributed by atoms with van der Waals surface area (Å²) in [4.78, 5) is 31.0. The zero-order chi connectivity index (χ0) is 22.7. The second kappa shape index (κ2) is 9.28. The largest absolute Gasteiger partial charge is 0.493 e. The topological polar surface area (TPSA) is 79.2 Å². The Kier molecular flexibility index (Phi) is 6.28. The molecule has 0 saturated carbocycles. The molecule has 0 bridgehead atoms. The number of amidine groups is 1. The van der Waals surface area contributed by atoms with Gasteiger partial charge in [-0.3, -0.25) is 9.69 Å². The molecule has 3 aromatic carbocycles. The number of aliphatic imine (C=N–C) groups is 1. The summed E-state index contributed by atoms with van der Waals surface area (Å²) < 4.78 is 5.84. The number of carbonyl (C=O) groups is 2. The Morgan fingerprint density at radius 3 is 2.53 bits per heavy atom. The molecule has 0 aliphatic carbocycles.